The predicted molar refractivity (Wildman–Crippen MR) is 112 cm³/mol. The smallest absolute Gasteiger partial charge is 0.269 e. The lowest BCUT2D eigenvalue weighted by Crippen LogP contribution is -2.38. The van der Waals surface area contributed by atoms with E-state index in [0.29, 0.717) is 17.5 Å². The summed E-state index contributed by atoms with van der Waals surface area (Å²) in [6.45, 7) is 2.53. The van der Waals surface area contributed by atoms with Crippen LogP contribution in [-0.4, -0.2) is 17.9 Å². The fourth-order valence-electron chi connectivity index (χ4n) is 2.18. The Labute approximate surface area is 168 Å². The number of nitro benzene ring substituents is 1. The molecule has 2 N–H and O–H groups in total. The molecule has 0 aliphatic rings. The molecule has 2 aromatic carbocycles. The van der Waals surface area contributed by atoms with Crippen molar-refractivity contribution in [3.8, 4) is 0 Å². The second-order valence-electron chi connectivity index (χ2n) is 5.27. The average Bonchev–Trinajstić information content (AvgIpc) is 2.58. The number of hydrogen-bond acceptors (Lipinski definition) is 3. The Morgan fingerprint density at radius 2 is 1.96 bits per heavy atom. The summed E-state index contributed by atoms with van der Waals surface area (Å²) in [5.74, 6) is 0.640. The SMILES string of the molecule is CN=C(NCc1ccc([N+](=O)[O-])cc1)NC(C)c1cccc(Cl)c1.I. The summed E-state index contributed by atoms with van der Waals surface area (Å²) >= 11 is 6.01. The molecule has 1 unspecified atom stereocenters. The molecule has 0 aliphatic heterocycles. The summed E-state index contributed by atoms with van der Waals surface area (Å²) < 4.78 is 0. The van der Waals surface area contributed by atoms with Crippen LogP contribution in [0.15, 0.2) is 53.5 Å². The number of non-ortho nitro benzene ring substituents is 1. The van der Waals surface area contributed by atoms with Gasteiger partial charge in [0, 0.05) is 30.7 Å². The van der Waals surface area contributed by atoms with Crippen LogP contribution in [0, 0.1) is 10.1 Å². The molecule has 0 fully saturated rings. The second kappa shape index (κ2) is 10.2. The molecule has 134 valence electrons. The van der Waals surface area contributed by atoms with Gasteiger partial charge in [-0.05, 0) is 30.2 Å². The maximum absolute atomic E-state index is 10.7. The quantitative estimate of drug-likeness (QED) is 0.223. The third kappa shape index (κ3) is 6.50. The molecule has 0 saturated heterocycles. The number of hydrogen-bond donors (Lipinski definition) is 2. The zero-order valence-electron chi connectivity index (χ0n) is 13.9. The summed E-state index contributed by atoms with van der Waals surface area (Å²) in [7, 11) is 1.69. The van der Waals surface area contributed by atoms with Gasteiger partial charge in [-0.25, -0.2) is 0 Å². The molecule has 1 atom stereocenters. The maximum atomic E-state index is 10.7. The van der Waals surface area contributed by atoms with E-state index in [0.717, 1.165) is 11.1 Å². The van der Waals surface area contributed by atoms with Crippen LogP contribution < -0.4 is 10.6 Å². The minimum atomic E-state index is -0.412. The monoisotopic (exact) mass is 474 g/mol. The van der Waals surface area contributed by atoms with Crippen LogP contribution in [0.25, 0.3) is 0 Å². The van der Waals surface area contributed by atoms with Crippen LogP contribution >= 0.6 is 35.6 Å². The fourth-order valence-corrected chi connectivity index (χ4v) is 2.38. The first-order valence-electron chi connectivity index (χ1n) is 7.45. The molecule has 0 saturated carbocycles. The number of aliphatic imine (C=N–C) groups is 1. The Balaban J connectivity index is 0.00000312. The van der Waals surface area contributed by atoms with Gasteiger partial charge >= 0.3 is 0 Å². The summed E-state index contributed by atoms with van der Waals surface area (Å²) in [6, 6.07) is 14.1. The average molecular weight is 475 g/mol. The van der Waals surface area contributed by atoms with E-state index < -0.39 is 4.92 Å². The van der Waals surface area contributed by atoms with Gasteiger partial charge in [0.1, 0.15) is 0 Å². The lowest BCUT2D eigenvalue weighted by Gasteiger charge is -2.18. The predicted octanol–water partition coefficient (Wildman–Crippen LogP) is 4.29. The highest BCUT2D eigenvalue weighted by Crippen LogP contribution is 2.17. The van der Waals surface area contributed by atoms with E-state index in [4.69, 9.17) is 11.6 Å². The highest BCUT2D eigenvalue weighted by molar-refractivity contribution is 14.0. The lowest BCUT2D eigenvalue weighted by atomic mass is 10.1. The molecule has 0 aliphatic carbocycles. The van der Waals surface area contributed by atoms with E-state index in [1.165, 1.54) is 12.1 Å². The molecular formula is C17H20ClIN4O2. The molecule has 2 rings (SSSR count). The van der Waals surface area contributed by atoms with Gasteiger partial charge in [-0.1, -0.05) is 35.9 Å². The highest BCUT2D eigenvalue weighted by atomic mass is 127. The van der Waals surface area contributed by atoms with Crippen molar-refractivity contribution >= 4 is 47.2 Å². The van der Waals surface area contributed by atoms with Crippen LogP contribution in [-0.2, 0) is 6.54 Å². The lowest BCUT2D eigenvalue weighted by molar-refractivity contribution is -0.384. The first-order valence-corrected chi connectivity index (χ1v) is 7.83. The number of guanidine groups is 1. The third-order valence-electron chi connectivity index (χ3n) is 3.53. The molecule has 8 heteroatoms. The summed E-state index contributed by atoms with van der Waals surface area (Å²) in [6.07, 6.45) is 0. The van der Waals surface area contributed by atoms with Crippen molar-refractivity contribution < 1.29 is 4.92 Å². The van der Waals surface area contributed by atoms with Crippen molar-refractivity contribution in [2.45, 2.75) is 19.5 Å². The molecular weight excluding hydrogens is 455 g/mol. The number of halogens is 2. The van der Waals surface area contributed by atoms with Gasteiger partial charge in [0.05, 0.1) is 11.0 Å². The fraction of sp³-hybridized carbons (Fsp3) is 0.235. The van der Waals surface area contributed by atoms with Crippen LogP contribution in [0.4, 0.5) is 5.69 Å². The van der Waals surface area contributed by atoms with Crippen molar-refractivity contribution in [1.82, 2.24) is 10.6 Å². The molecule has 0 radical (unpaired) electrons. The van der Waals surface area contributed by atoms with Crippen molar-refractivity contribution in [3.05, 3.63) is 74.8 Å². The second-order valence-corrected chi connectivity index (χ2v) is 5.71. The Bertz CT molecular complexity index is 738. The number of benzene rings is 2. The van der Waals surface area contributed by atoms with Gasteiger partial charge in [0.25, 0.3) is 5.69 Å². The summed E-state index contributed by atoms with van der Waals surface area (Å²) in [5.41, 5.74) is 2.07. The first kappa shape index (κ1) is 21.2. The number of nitro groups is 1. The number of nitrogens with zero attached hydrogens (tertiary/aromatic N) is 2. The van der Waals surface area contributed by atoms with Crippen LogP contribution in [0.2, 0.25) is 5.02 Å². The van der Waals surface area contributed by atoms with Crippen molar-refractivity contribution in [2.75, 3.05) is 7.05 Å². The Hall–Kier alpha value is -1.87. The molecule has 0 heterocycles. The van der Waals surface area contributed by atoms with Crippen LogP contribution in [0.1, 0.15) is 24.1 Å². The first-order chi connectivity index (χ1) is 11.5. The molecule has 0 bridgehead atoms. The van der Waals surface area contributed by atoms with E-state index in [1.54, 1.807) is 19.2 Å². The summed E-state index contributed by atoms with van der Waals surface area (Å²) in [5, 5.41) is 17.8. The van der Waals surface area contributed by atoms with Crippen LogP contribution in [0.3, 0.4) is 0 Å². The topological polar surface area (TPSA) is 79.6 Å². The molecule has 0 aromatic heterocycles. The Morgan fingerprint density at radius 3 is 2.52 bits per heavy atom. The normalized spacial score (nSPS) is 12.0. The van der Waals surface area contributed by atoms with Gasteiger partial charge < -0.3 is 10.6 Å². The maximum Gasteiger partial charge on any atom is 0.269 e. The van der Waals surface area contributed by atoms with Crippen molar-refractivity contribution in [3.63, 3.8) is 0 Å². The largest absolute Gasteiger partial charge is 0.352 e. The minimum absolute atomic E-state index is 0. The van der Waals surface area contributed by atoms with E-state index >= 15 is 0 Å². The molecule has 2 aromatic rings. The number of rotatable bonds is 5. The van der Waals surface area contributed by atoms with E-state index in [9.17, 15) is 10.1 Å². The molecule has 0 amide bonds. The molecule has 25 heavy (non-hydrogen) atoms. The molecule has 6 nitrogen and oxygen atoms in total. The number of nitrogens with one attached hydrogen (secondary N) is 2. The van der Waals surface area contributed by atoms with Crippen molar-refractivity contribution in [2.24, 2.45) is 4.99 Å². The van der Waals surface area contributed by atoms with E-state index in [-0.39, 0.29) is 35.7 Å². The zero-order chi connectivity index (χ0) is 17.5. The van der Waals surface area contributed by atoms with Crippen molar-refractivity contribution in [1.29, 1.82) is 0 Å². The van der Waals surface area contributed by atoms with Gasteiger partial charge in [-0.15, -0.1) is 24.0 Å². The van der Waals surface area contributed by atoms with Crippen LogP contribution in [0.5, 0.6) is 0 Å². The van der Waals surface area contributed by atoms with Gasteiger partial charge in [-0.3, -0.25) is 15.1 Å². The zero-order valence-corrected chi connectivity index (χ0v) is 17.0. The Kier molecular flexibility index (Phi) is 8.64. The highest BCUT2D eigenvalue weighted by Gasteiger charge is 2.09. The van der Waals surface area contributed by atoms with E-state index in [1.807, 2.05) is 31.2 Å². The van der Waals surface area contributed by atoms with Gasteiger partial charge in [0.15, 0.2) is 5.96 Å². The minimum Gasteiger partial charge on any atom is -0.352 e. The summed E-state index contributed by atoms with van der Waals surface area (Å²) in [4.78, 5) is 14.4. The van der Waals surface area contributed by atoms with E-state index in [2.05, 4.69) is 15.6 Å². The third-order valence-corrected chi connectivity index (χ3v) is 3.77. The van der Waals surface area contributed by atoms with Gasteiger partial charge in [-0.2, -0.15) is 0 Å². The molecule has 0 spiro atoms. The van der Waals surface area contributed by atoms with Gasteiger partial charge in [0.2, 0.25) is 0 Å². The Morgan fingerprint density at radius 1 is 1.28 bits per heavy atom. The standard InChI is InChI=1S/C17H19ClN4O2.HI/c1-12(14-4-3-5-15(18)10-14)21-17(19-2)20-11-13-6-8-16(9-7-13)22(23)24;/h3-10,12H,11H2,1-2H3,(H2,19,20,21);1H.